The molecule has 3 N–H and O–H groups in total. The number of aliphatic carboxylic acids is 1. The van der Waals surface area contributed by atoms with Crippen molar-refractivity contribution in [3.63, 3.8) is 0 Å². The van der Waals surface area contributed by atoms with Crippen LogP contribution in [-0.4, -0.2) is 15.4 Å². The quantitative estimate of drug-likeness (QED) is 0.850. The second-order valence-electron chi connectivity index (χ2n) is 2.24. The first kappa shape index (κ1) is 9.63. The lowest BCUT2D eigenvalue weighted by molar-refractivity contribution is -0.137. The van der Waals surface area contributed by atoms with Crippen molar-refractivity contribution in [2.75, 3.05) is 0 Å². The molecule has 1 aromatic rings. The van der Waals surface area contributed by atoms with Crippen molar-refractivity contribution in [1.82, 2.24) is 4.37 Å². The maximum atomic E-state index is 10.3. The Balaban J connectivity index is 2.71. The fourth-order valence-electron chi connectivity index (χ4n) is 0.762. The molecule has 0 saturated carbocycles. The Kier molecular flexibility index (Phi) is 3.19. The summed E-state index contributed by atoms with van der Waals surface area (Å²) in [6.45, 7) is 0. The van der Waals surface area contributed by atoms with Gasteiger partial charge < -0.3 is 10.8 Å². The average Bonchev–Trinajstić information content (AvgIpc) is 2.33. The number of nitrogens with zero attached hydrogens (tertiary/aromatic N) is 1. The highest BCUT2D eigenvalue weighted by Gasteiger charge is 2.15. The lowest BCUT2D eigenvalue weighted by Gasteiger charge is -2.04. The fraction of sp³-hybridized carbons (Fsp3) is 0.333. The van der Waals surface area contributed by atoms with Gasteiger partial charge in [-0.05, 0) is 27.5 Å². The fourth-order valence-corrected chi connectivity index (χ4v) is 2.14. The highest BCUT2D eigenvalue weighted by atomic mass is 79.9. The van der Waals surface area contributed by atoms with Gasteiger partial charge >= 0.3 is 5.97 Å². The summed E-state index contributed by atoms with van der Waals surface area (Å²) in [6.07, 6.45) is 1.54. The minimum absolute atomic E-state index is 0.0687. The second-order valence-corrected chi connectivity index (χ2v) is 3.93. The molecule has 0 fully saturated rings. The third kappa shape index (κ3) is 2.26. The van der Waals surface area contributed by atoms with Gasteiger partial charge in [0.15, 0.2) is 0 Å². The molecule has 0 unspecified atom stereocenters. The summed E-state index contributed by atoms with van der Waals surface area (Å²) >= 11 is 4.45. The van der Waals surface area contributed by atoms with E-state index < -0.39 is 12.0 Å². The van der Waals surface area contributed by atoms with E-state index in [0.717, 1.165) is 9.35 Å². The second kappa shape index (κ2) is 3.97. The first-order chi connectivity index (χ1) is 5.61. The van der Waals surface area contributed by atoms with Gasteiger partial charge in [0.05, 0.1) is 28.0 Å². The molecule has 0 amide bonds. The summed E-state index contributed by atoms with van der Waals surface area (Å²) in [5.41, 5.74) is 5.60. The molecule has 1 heterocycles. The number of carbonyl (C=O) groups is 1. The van der Waals surface area contributed by atoms with E-state index in [1.54, 1.807) is 6.20 Å². The smallest absolute Gasteiger partial charge is 0.305 e. The summed E-state index contributed by atoms with van der Waals surface area (Å²) in [5, 5.41) is 8.46. The molecule has 1 rings (SSSR count). The highest BCUT2D eigenvalue weighted by molar-refractivity contribution is 9.10. The van der Waals surface area contributed by atoms with Crippen LogP contribution in [0.25, 0.3) is 0 Å². The van der Waals surface area contributed by atoms with E-state index in [1.165, 1.54) is 11.5 Å². The Morgan fingerprint density at radius 3 is 3.00 bits per heavy atom. The summed E-state index contributed by atoms with van der Waals surface area (Å²) < 4.78 is 4.65. The third-order valence-corrected chi connectivity index (χ3v) is 3.11. The molecule has 0 radical (unpaired) electrons. The van der Waals surface area contributed by atoms with E-state index >= 15 is 0 Å². The standard InChI is InChI=1S/C6H7BrN2O2S/c7-3-2-9-12-6(3)4(8)1-5(10)11/h2,4H,1,8H2,(H,10,11)/t4-/m0/s1. The van der Waals surface area contributed by atoms with Gasteiger partial charge in [0.2, 0.25) is 0 Å². The van der Waals surface area contributed by atoms with Crippen molar-refractivity contribution in [2.24, 2.45) is 5.73 Å². The van der Waals surface area contributed by atoms with Gasteiger partial charge in [-0.2, -0.15) is 4.37 Å². The Morgan fingerprint density at radius 1 is 1.92 bits per heavy atom. The lowest BCUT2D eigenvalue weighted by atomic mass is 10.2. The van der Waals surface area contributed by atoms with Crippen molar-refractivity contribution in [1.29, 1.82) is 0 Å². The molecule has 0 saturated heterocycles. The van der Waals surface area contributed by atoms with Crippen LogP contribution in [0.4, 0.5) is 0 Å². The topological polar surface area (TPSA) is 76.2 Å². The molecule has 0 bridgehead atoms. The van der Waals surface area contributed by atoms with Crippen molar-refractivity contribution in [2.45, 2.75) is 12.5 Å². The number of carboxylic acids is 1. The number of carboxylic acid groups (broad SMARTS) is 1. The van der Waals surface area contributed by atoms with Crippen LogP contribution in [0.1, 0.15) is 17.3 Å². The molecule has 1 aromatic heterocycles. The SMILES string of the molecule is N[C@@H](CC(=O)O)c1sncc1Br. The van der Waals surface area contributed by atoms with E-state index in [9.17, 15) is 4.79 Å². The van der Waals surface area contributed by atoms with E-state index in [4.69, 9.17) is 10.8 Å². The summed E-state index contributed by atoms with van der Waals surface area (Å²) in [6, 6.07) is -0.468. The van der Waals surface area contributed by atoms with Crippen LogP contribution in [0, 0.1) is 0 Å². The highest BCUT2D eigenvalue weighted by Crippen LogP contribution is 2.26. The zero-order valence-electron chi connectivity index (χ0n) is 6.03. The zero-order valence-corrected chi connectivity index (χ0v) is 8.43. The number of hydrogen-bond donors (Lipinski definition) is 2. The van der Waals surface area contributed by atoms with E-state index in [0.29, 0.717) is 0 Å². The number of aromatic nitrogens is 1. The van der Waals surface area contributed by atoms with Crippen molar-refractivity contribution >= 4 is 33.4 Å². The maximum absolute atomic E-state index is 10.3. The van der Waals surface area contributed by atoms with Gasteiger partial charge in [-0.15, -0.1) is 0 Å². The summed E-state index contributed by atoms with van der Waals surface area (Å²) in [7, 11) is 0. The predicted molar refractivity (Wildman–Crippen MR) is 49.0 cm³/mol. The molecule has 4 nitrogen and oxygen atoms in total. The first-order valence-corrected chi connectivity index (χ1v) is 4.75. The van der Waals surface area contributed by atoms with Gasteiger partial charge in [-0.25, -0.2) is 0 Å². The van der Waals surface area contributed by atoms with Gasteiger partial charge in [-0.1, -0.05) is 0 Å². The predicted octanol–water partition coefficient (Wildman–Crippen LogP) is 1.38. The zero-order chi connectivity index (χ0) is 9.14. The summed E-state index contributed by atoms with van der Waals surface area (Å²) in [4.78, 5) is 11.1. The third-order valence-electron chi connectivity index (χ3n) is 1.28. The minimum atomic E-state index is -0.900. The molecular formula is C6H7BrN2O2S. The van der Waals surface area contributed by atoms with Crippen LogP contribution in [0.2, 0.25) is 0 Å². The molecule has 6 heteroatoms. The van der Waals surface area contributed by atoms with Crippen molar-refractivity contribution in [3.05, 3.63) is 15.5 Å². The molecule has 0 aliphatic heterocycles. The van der Waals surface area contributed by atoms with Gasteiger partial charge in [0.1, 0.15) is 0 Å². The van der Waals surface area contributed by atoms with Crippen LogP contribution in [0.3, 0.4) is 0 Å². The molecule has 0 spiro atoms. The van der Waals surface area contributed by atoms with Crippen molar-refractivity contribution < 1.29 is 9.90 Å². The van der Waals surface area contributed by atoms with Crippen LogP contribution >= 0.6 is 27.5 Å². The number of nitrogens with two attached hydrogens (primary N) is 1. The lowest BCUT2D eigenvalue weighted by Crippen LogP contribution is -2.13. The molecule has 12 heavy (non-hydrogen) atoms. The van der Waals surface area contributed by atoms with Gasteiger partial charge in [0.25, 0.3) is 0 Å². The van der Waals surface area contributed by atoms with Crippen LogP contribution < -0.4 is 5.73 Å². The van der Waals surface area contributed by atoms with Crippen LogP contribution in [-0.2, 0) is 4.79 Å². The number of rotatable bonds is 3. The molecule has 0 aromatic carbocycles. The minimum Gasteiger partial charge on any atom is -0.481 e. The van der Waals surface area contributed by atoms with E-state index in [2.05, 4.69) is 20.3 Å². The molecule has 0 aliphatic rings. The Labute approximate surface area is 81.7 Å². The normalized spacial score (nSPS) is 12.8. The van der Waals surface area contributed by atoms with E-state index in [-0.39, 0.29) is 6.42 Å². The molecule has 1 atom stereocenters. The molecule has 0 aliphatic carbocycles. The average molecular weight is 251 g/mol. The Hall–Kier alpha value is -0.460. The Morgan fingerprint density at radius 2 is 2.58 bits per heavy atom. The maximum Gasteiger partial charge on any atom is 0.305 e. The van der Waals surface area contributed by atoms with Crippen molar-refractivity contribution in [3.8, 4) is 0 Å². The molecule has 66 valence electrons. The van der Waals surface area contributed by atoms with Gasteiger partial charge in [0, 0.05) is 0 Å². The summed E-state index contributed by atoms with van der Waals surface area (Å²) in [5.74, 6) is -0.900. The first-order valence-electron chi connectivity index (χ1n) is 3.18. The van der Waals surface area contributed by atoms with E-state index in [1.807, 2.05) is 0 Å². The molecular weight excluding hydrogens is 244 g/mol. The monoisotopic (exact) mass is 250 g/mol. The Bertz CT molecular complexity index is 289. The van der Waals surface area contributed by atoms with Crippen LogP contribution in [0.15, 0.2) is 10.7 Å². The number of hydrogen-bond acceptors (Lipinski definition) is 4. The largest absolute Gasteiger partial charge is 0.481 e. The van der Waals surface area contributed by atoms with Gasteiger partial charge in [-0.3, -0.25) is 4.79 Å². The van der Waals surface area contributed by atoms with Crippen LogP contribution in [0.5, 0.6) is 0 Å². The number of halogens is 1.